The lowest BCUT2D eigenvalue weighted by Crippen LogP contribution is -2.13. The van der Waals surface area contributed by atoms with Crippen molar-refractivity contribution in [3.8, 4) is 5.75 Å². The zero-order valence-corrected chi connectivity index (χ0v) is 8.18. The first-order valence-electron chi connectivity index (χ1n) is 3.78. The first kappa shape index (κ1) is 10.8. The van der Waals surface area contributed by atoms with Crippen LogP contribution in [-0.2, 0) is 9.53 Å². The summed E-state index contributed by atoms with van der Waals surface area (Å²) in [7, 11) is 1.22. The molecule has 0 atom stereocenters. The molecule has 0 radical (unpaired) electrons. The quantitative estimate of drug-likeness (QED) is 0.729. The van der Waals surface area contributed by atoms with E-state index < -0.39 is 11.8 Å². The molecule has 0 amide bonds. The summed E-state index contributed by atoms with van der Waals surface area (Å²) in [6, 6.07) is 4.30. The molecular weight excluding hydrogens is 211 g/mol. The molecule has 76 valence electrons. The molecule has 1 aromatic carbocycles. The average molecular weight is 219 g/mol. The molecule has 0 saturated heterocycles. The number of carbonyl (C=O) groups is 1. The fourth-order valence-corrected chi connectivity index (χ4v) is 0.957. The highest BCUT2D eigenvalue weighted by molar-refractivity contribution is 6.30. The fraction of sp³-hybridized carbons (Fsp3) is 0.222. The minimum Gasteiger partial charge on any atom is -0.479 e. The SMILES string of the molecule is COC(=O)COc1cccc(Cl)c1F. The van der Waals surface area contributed by atoms with Gasteiger partial charge in [0.05, 0.1) is 12.1 Å². The van der Waals surface area contributed by atoms with Crippen molar-refractivity contribution in [2.75, 3.05) is 13.7 Å². The second kappa shape index (κ2) is 4.81. The Labute approximate surface area is 85.4 Å². The molecule has 14 heavy (non-hydrogen) atoms. The molecule has 0 saturated carbocycles. The second-order valence-electron chi connectivity index (χ2n) is 2.42. The highest BCUT2D eigenvalue weighted by Crippen LogP contribution is 2.23. The lowest BCUT2D eigenvalue weighted by molar-refractivity contribution is -0.142. The number of halogens is 2. The summed E-state index contributed by atoms with van der Waals surface area (Å²) in [5.41, 5.74) is 0. The third-order valence-electron chi connectivity index (χ3n) is 1.49. The van der Waals surface area contributed by atoms with Gasteiger partial charge in [0.2, 0.25) is 0 Å². The summed E-state index contributed by atoms with van der Waals surface area (Å²) in [5.74, 6) is -1.33. The maximum atomic E-state index is 13.1. The van der Waals surface area contributed by atoms with Crippen LogP contribution in [0.2, 0.25) is 5.02 Å². The molecule has 0 N–H and O–H groups in total. The van der Waals surface area contributed by atoms with Crippen LogP contribution in [0.15, 0.2) is 18.2 Å². The molecule has 0 heterocycles. The largest absolute Gasteiger partial charge is 0.479 e. The Morgan fingerprint density at radius 1 is 1.57 bits per heavy atom. The average Bonchev–Trinajstić information content (AvgIpc) is 2.20. The molecule has 1 aromatic rings. The highest BCUT2D eigenvalue weighted by Gasteiger charge is 2.09. The number of carbonyl (C=O) groups excluding carboxylic acids is 1. The van der Waals surface area contributed by atoms with E-state index >= 15 is 0 Å². The highest BCUT2D eigenvalue weighted by atomic mass is 35.5. The van der Waals surface area contributed by atoms with Crippen molar-refractivity contribution >= 4 is 17.6 Å². The van der Waals surface area contributed by atoms with E-state index in [1.165, 1.54) is 25.3 Å². The Bertz CT molecular complexity index is 341. The zero-order chi connectivity index (χ0) is 10.6. The summed E-state index contributed by atoms with van der Waals surface area (Å²) in [6.07, 6.45) is 0. The number of esters is 1. The number of hydrogen-bond donors (Lipinski definition) is 0. The molecule has 0 unspecified atom stereocenters. The minimum absolute atomic E-state index is 0.0487. The van der Waals surface area contributed by atoms with E-state index in [1.54, 1.807) is 0 Å². The lowest BCUT2D eigenvalue weighted by atomic mass is 10.3. The number of methoxy groups -OCH3 is 1. The van der Waals surface area contributed by atoms with Crippen LogP contribution in [0.1, 0.15) is 0 Å². The Morgan fingerprint density at radius 3 is 2.93 bits per heavy atom. The van der Waals surface area contributed by atoms with Gasteiger partial charge >= 0.3 is 5.97 Å². The van der Waals surface area contributed by atoms with Gasteiger partial charge in [-0.25, -0.2) is 9.18 Å². The van der Waals surface area contributed by atoms with Crippen molar-refractivity contribution in [3.05, 3.63) is 29.0 Å². The van der Waals surface area contributed by atoms with Crippen molar-refractivity contribution < 1.29 is 18.7 Å². The minimum atomic E-state index is -0.682. The van der Waals surface area contributed by atoms with Crippen molar-refractivity contribution in [1.29, 1.82) is 0 Å². The topological polar surface area (TPSA) is 35.5 Å². The Morgan fingerprint density at radius 2 is 2.29 bits per heavy atom. The summed E-state index contributed by atoms with van der Waals surface area (Å²) in [4.78, 5) is 10.7. The van der Waals surface area contributed by atoms with E-state index in [4.69, 9.17) is 16.3 Å². The summed E-state index contributed by atoms with van der Waals surface area (Å²) >= 11 is 5.49. The van der Waals surface area contributed by atoms with Crippen LogP contribution in [0.25, 0.3) is 0 Å². The molecule has 0 bridgehead atoms. The molecule has 3 nitrogen and oxygen atoms in total. The van der Waals surface area contributed by atoms with Gasteiger partial charge in [-0.1, -0.05) is 17.7 Å². The van der Waals surface area contributed by atoms with E-state index in [9.17, 15) is 9.18 Å². The molecule has 0 aromatic heterocycles. The van der Waals surface area contributed by atoms with Gasteiger partial charge in [-0.15, -0.1) is 0 Å². The maximum Gasteiger partial charge on any atom is 0.343 e. The van der Waals surface area contributed by atoms with Crippen LogP contribution < -0.4 is 4.74 Å². The normalized spacial score (nSPS) is 9.64. The van der Waals surface area contributed by atoms with Gasteiger partial charge in [-0.05, 0) is 12.1 Å². The van der Waals surface area contributed by atoms with Gasteiger partial charge in [-0.3, -0.25) is 0 Å². The molecular formula is C9H8ClFO3. The number of rotatable bonds is 3. The number of benzene rings is 1. The first-order valence-corrected chi connectivity index (χ1v) is 4.16. The lowest BCUT2D eigenvalue weighted by Gasteiger charge is -2.05. The Kier molecular flexibility index (Phi) is 3.71. The molecule has 5 heteroatoms. The predicted octanol–water partition coefficient (Wildman–Crippen LogP) is 2.03. The van der Waals surface area contributed by atoms with Crippen molar-refractivity contribution in [2.45, 2.75) is 0 Å². The van der Waals surface area contributed by atoms with Gasteiger partial charge < -0.3 is 9.47 Å². The monoisotopic (exact) mass is 218 g/mol. The first-order chi connectivity index (χ1) is 6.65. The molecule has 0 aliphatic carbocycles. The van der Waals surface area contributed by atoms with Gasteiger partial charge in [0.1, 0.15) is 0 Å². The van der Waals surface area contributed by atoms with Crippen LogP contribution >= 0.6 is 11.6 Å². The molecule has 0 aliphatic heterocycles. The second-order valence-corrected chi connectivity index (χ2v) is 2.82. The standard InChI is InChI=1S/C9H8ClFO3/c1-13-8(12)5-14-7-4-2-3-6(10)9(7)11/h2-4H,5H2,1H3. The molecule has 0 aliphatic rings. The van der Waals surface area contributed by atoms with Crippen LogP contribution in [0.4, 0.5) is 4.39 Å². The van der Waals surface area contributed by atoms with Gasteiger partial charge in [0.25, 0.3) is 0 Å². The van der Waals surface area contributed by atoms with Gasteiger partial charge in [0, 0.05) is 0 Å². The number of ether oxygens (including phenoxy) is 2. The predicted molar refractivity (Wildman–Crippen MR) is 48.9 cm³/mol. The summed E-state index contributed by atoms with van der Waals surface area (Å²) in [5, 5.41) is -0.0487. The zero-order valence-electron chi connectivity index (χ0n) is 7.42. The van der Waals surface area contributed by atoms with E-state index in [-0.39, 0.29) is 17.4 Å². The van der Waals surface area contributed by atoms with E-state index in [0.29, 0.717) is 0 Å². The molecule has 1 rings (SSSR count). The molecule has 0 fully saturated rings. The van der Waals surface area contributed by atoms with Crippen LogP contribution in [-0.4, -0.2) is 19.7 Å². The third kappa shape index (κ3) is 2.60. The van der Waals surface area contributed by atoms with Crippen LogP contribution in [0.3, 0.4) is 0 Å². The third-order valence-corrected chi connectivity index (χ3v) is 1.78. The van der Waals surface area contributed by atoms with E-state index in [0.717, 1.165) is 0 Å². The van der Waals surface area contributed by atoms with Crippen molar-refractivity contribution in [1.82, 2.24) is 0 Å². The molecule has 0 spiro atoms. The number of hydrogen-bond acceptors (Lipinski definition) is 3. The van der Waals surface area contributed by atoms with Crippen molar-refractivity contribution in [3.63, 3.8) is 0 Å². The maximum absolute atomic E-state index is 13.1. The van der Waals surface area contributed by atoms with E-state index in [2.05, 4.69) is 4.74 Å². The summed E-state index contributed by atoms with van der Waals surface area (Å²) in [6.45, 7) is -0.340. The Balaban J connectivity index is 2.68. The smallest absolute Gasteiger partial charge is 0.343 e. The van der Waals surface area contributed by atoms with Gasteiger partial charge in [0.15, 0.2) is 18.2 Å². The van der Waals surface area contributed by atoms with Crippen molar-refractivity contribution in [2.24, 2.45) is 0 Å². The van der Waals surface area contributed by atoms with E-state index in [1.807, 2.05) is 0 Å². The van der Waals surface area contributed by atoms with Gasteiger partial charge in [-0.2, -0.15) is 0 Å². The Hall–Kier alpha value is -1.29. The van der Waals surface area contributed by atoms with Crippen LogP contribution in [0, 0.1) is 5.82 Å². The van der Waals surface area contributed by atoms with Crippen LogP contribution in [0.5, 0.6) is 5.75 Å². The fourth-order valence-electron chi connectivity index (χ4n) is 0.791. The summed E-state index contributed by atoms with van der Waals surface area (Å²) < 4.78 is 22.3.